The van der Waals surface area contributed by atoms with E-state index in [1.165, 1.54) is 0 Å². The van der Waals surface area contributed by atoms with Crippen LogP contribution in [-0.4, -0.2) is 42.6 Å². The topological polar surface area (TPSA) is 67.9 Å². The number of hydrogen-bond donors (Lipinski definition) is 1. The number of halogens is 2. The van der Waals surface area contributed by atoms with Gasteiger partial charge in [0.1, 0.15) is 11.4 Å². The highest BCUT2D eigenvalue weighted by Gasteiger charge is 2.40. The van der Waals surface area contributed by atoms with Crippen LogP contribution in [0.1, 0.15) is 26.3 Å². The van der Waals surface area contributed by atoms with Crippen LogP contribution >= 0.6 is 23.2 Å². The van der Waals surface area contributed by atoms with Crippen molar-refractivity contribution in [1.82, 2.24) is 4.90 Å². The molecule has 3 rings (SSSR count). The molecule has 0 bridgehead atoms. The number of ether oxygens (including phenoxy) is 2. The minimum atomic E-state index is -0.454. The van der Waals surface area contributed by atoms with Crippen LogP contribution < -0.4 is 10.1 Å². The Labute approximate surface area is 191 Å². The number of amides is 2. The Bertz CT molecular complexity index is 1020. The molecule has 2 aromatic carbocycles. The minimum absolute atomic E-state index is 0.0124. The normalized spacial score (nSPS) is 14.1. The molecule has 0 fully saturated rings. The second-order valence-corrected chi connectivity index (χ2v) is 7.95. The predicted molar refractivity (Wildman–Crippen MR) is 122 cm³/mol. The van der Waals surface area contributed by atoms with E-state index in [0.29, 0.717) is 28.6 Å². The molecule has 0 aromatic heterocycles. The molecule has 1 heterocycles. The molecule has 1 aliphatic rings. The zero-order valence-electron chi connectivity index (χ0n) is 17.6. The van der Waals surface area contributed by atoms with Gasteiger partial charge in [-0.25, -0.2) is 0 Å². The Morgan fingerprint density at radius 2 is 1.81 bits per heavy atom. The van der Waals surface area contributed by atoms with Crippen molar-refractivity contribution in [2.75, 3.05) is 25.1 Å². The average molecular weight is 463 g/mol. The van der Waals surface area contributed by atoms with E-state index in [1.807, 2.05) is 32.9 Å². The molecule has 1 aliphatic heterocycles. The van der Waals surface area contributed by atoms with Crippen LogP contribution in [0.15, 0.2) is 48.2 Å². The zero-order valence-corrected chi connectivity index (χ0v) is 19.1. The number of imide groups is 1. The van der Waals surface area contributed by atoms with Crippen molar-refractivity contribution in [3.05, 3.63) is 63.8 Å². The van der Waals surface area contributed by atoms with Gasteiger partial charge in [-0.05, 0) is 45.0 Å². The summed E-state index contributed by atoms with van der Waals surface area (Å²) in [5.41, 5.74) is 1.31. The van der Waals surface area contributed by atoms with E-state index >= 15 is 0 Å². The molecule has 2 aromatic rings. The second kappa shape index (κ2) is 10.2. The van der Waals surface area contributed by atoms with E-state index in [1.54, 1.807) is 30.3 Å². The SMILES string of the molecule is CCOc1ccccc1NC1=C(c2ccc(Cl)cc2Cl)C(=O)N(CCOC(C)C)C1=O. The maximum Gasteiger partial charge on any atom is 0.278 e. The second-order valence-electron chi connectivity index (χ2n) is 7.11. The zero-order chi connectivity index (χ0) is 22.5. The maximum atomic E-state index is 13.3. The van der Waals surface area contributed by atoms with Gasteiger partial charge in [0.05, 0.1) is 42.1 Å². The Morgan fingerprint density at radius 3 is 2.48 bits per heavy atom. The van der Waals surface area contributed by atoms with Crippen LogP contribution in [-0.2, 0) is 14.3 Å². The summed E-state index contributed by atoms with van der Waals surface area (Å²) >= 11 is 12.4. The summed E-state index contributed by atoms with van der Waals surface area (Å²) in [6.07, 6.45) is -0.0124. The van der Waals surface area contributed by atoms with Crippen LogP contribution in [0.4, 0.5) is 5.69 Å². The number of carbonyl (C=O) groups is 2. The van der Waals surface area contributed by atoms with Gasteiger partial charge in [0, 0.05) is 10.6 Å². The van der Waals surface area contributed by atoms with E-state index in [9.17, 15) is 9.59 Å². The van der Waals surface area contributed by atoms with Gasteiger partial charge in [-0.1, -0.05) is 41.4 Å². The number of benzene rings is 2. The molecular formula is C23H24Cl2N2O4. The van der Waals surface area contributed by atoms with Crippen LogP contribution in [0, 0.1) is 0 Å². The number of carbonyl (C=O) groups excluding carboxylic acids is 2. The van der Waals surface area contributed by atoms with Gasteiger partial charge in [-0.3, -0.25) is 14.5 Å². The van der Waals surface area contributed by atoms with Crippen LogP contribution in [0.3, 0.4) is 0 Å². The molecular weight excluding hydrogens is 439 g/mol. The van der Waals surface area contributed by atoms with E-state index in [0.717, 1.165) is 4.90 Å². The number of rotatable bonds is 9. The summed E-state index contributed by atoms with van der Waals surface area (Å²) in [5, 5.41) is 3.82. The molecule has 0 unspecified atom stereocenters. The molecule has 0 spiro atoms. The third kappa shape index (κ3) is 5.21. The molecule has 0 radical (unpaired) electrons. The number of anilines is 1. The van der Waals surface area contributed by atoms with E-state index < -0.39 is 11.8 Å². The molecule has 0 aliphatic carbocycles. The lowest BCUT2D eigenvalue weighted by atomic mass is 10.0. The fraction of sp³-hybridized carbons (Fsp3) is 0.304. The van der Waals surface area contributed by atoms with Gasteiger partial charge in [0.25, 0.3) is 11.8 Å². The summed E-state index contributed by atoms with van der Waals surface area (Å²) in [5.74, 6) is -0.330. The first-order chi connectivity index (χ1) is 14.8. The van der Waals surface area contributed by atoms with Crippen LogP contribution in [0.2, 0.25) is 10.0 Å². The van der Waals surface area contributed by atoms with Crippen molar-refractivity contribution in [3.63, 3.8) is 0 Å². The monoisotopic (exact) mass is 462 g/mol. The fourth-order valence-corrected chi connectivity index (χ4v) is 3.71. The maximum absolute atomic E-state index is 13.3. The molecule has 0 atom stereocenters. The average Bonchev–Trinajstić information content (AvgIpc) is 2.94. The quantitative estimate of drug-likeness (QED) is 0.530. The van der Waals surface area contributed by atoms with Crippen molar-refractivity contribution in [2.24, 2.45) is 0 Å². The number of nitrogens with one attached hydrogen (secondary N) is 1. The largest absolute Gasteiger partial charge is 0.492 e. The molecule has 8 heteroatoms. The molecule has 0 saturated heterocycles. The smallest absolute Gasteiger partial charge is 0.278 e. The van der Waals surface area contributed by atoms with Gasteiger partial charge in [-0.15, -0.1) is 0 Å². The summed E-state index contributed by atoms with van der Waals surface area (Å²) in [6.45, 7) is 6.47. The van der Waals surface area contributed by atoms with Gasteiger partial charge in [0.15, 0.2) is 0 Å². The third-order valence-corrected chi connectivity index (χ3v) is 5.13. The lowest BCUT2D eigenvalue weighted by Crippen LogP contribution is -2.35. The van der Waals surface area contributed by atoms with Crippen molar-refractivity contribution in [2.45, 2.75) is 26.9 Å². The first-order valence-corrected chi connectivity index (χ1v) is 10.7. The van der Waals surface area contributed by atoms with Gasteiger partial charge >= 0.3 is 0 Å². The highest BCUT2D eigenvalue weighted by atomic mass is 35.5. The van der Waals surface area contributed by atoms with E-state index in [2.05, 4.69) is 5.32 Å². The number of nitrogens with zero attached hydrogens (tertiary/aromatic N) is 1. The van der Waals surface area contributed by atoms with Crippen LogP contribution in [0.25, 0.3) is 5.57 Å². The van der Waals surface area contributed by atoms with Crippen molar-refractivity contribution >= 4 is 46.3 Å². The fourth-order valence-electron chi connectivity index (χ4n) is 3.20. The summed E-state index contributed by atoms with van der Waals surface area (Å²) in [7, 11) is 0. The standard InChI is InChI=1S/C23H24Cl2N2O4/c1-4-30-19-8-6-5-7-18(19)26-21-20(16-10-9-15(24)13-17(16)25)22(28)27(23(21)29)11-12-31-14(2)3/h5-10,13-14,26H,4,11-12H2,1-3H3. The van der Waals surface area contributed by atoms with E-state index in [-0.39, 0.29) is 35.5 Å². The Balaban J connectivity index is 2.03. The summed E-state index contributed by atoms with van der Waals surface area (Å²) in [6, 6.07) is 12.0. The molecule has 2 amide bonds. The van der Waals surface area contributed by atoms with E-state index in [4.69, 9.17) is 32.7 Å². The van der Waals surface area contributed by atoms with Crippen molar-refractivity contribution < 1.29 is 19.1 Å². The predicted octanol–water partition coefficient (Wildman–Crippen LogP) is 5.01. The summed E-state index contributed by atoms with van der Waals surface area (Å²) < 4.78 is 11.2. The summed E-state index contributed by atoms with van der Waals surface area (Å²) in [4.78, 5) is 27.7. The Kier molecular flexibility index (Phi) is 7.59. The number of hydrogen-bond acceptors (Lipinski definition) is 5. The highest BCUT2D eigenvalue weighted by molar-refractivity contribution is 6.41. The first-order valence-electron chi connectivity index (χ1n) is 9.99. The van der Waals surface area contributed by atoms with Gasteiger partial charge in [0.2, 0.25) is 0 Å². The molecule has 1 N–H and O–H groups in total. The van der Waals surface area contributed by atoms with Crippen molar-refractivity contribution in [1.29, 1.82) is 0 Å². The lowest BCUT2D eigenvalue weighted by molar-refractivity contribution is -0.137. The minimum Gasteiger partial charge on any atom is -0.492 e. The third-order valence-electron chi connectivity index (χ3n) is 4.58. The number of para-hydroxylation sites is 2. The first kappa shape index (κ1) is 23.1. The highest BCUT2D eigenvalue weighted by Crippen LogP contribution is 2.36. The Morgan fingerprint density at radius 1 is 1.06 bits per heavy atom. The van der Waals surface area contributed by atoms with Crippen LogP contribution in [0.5, 0.6) is 5.75 Å². The molecule has 164 valence electrons. The lowest BCUT2D eigenvalue weighted by Gasteiger charge is -2.17. The van der Waals surface area contributed by atoms with Gasteiger partial charge in [-0.2, -0.15) is 0 Å². The Hall–Kier alpha value is -2.54. The van der Waals surface area contributed by atoms with Crippen molar-refractivity contribution in [3.8, 4) is 5.75 Å². The van der Waals surface area contributed by atoms with Gasteiger partial charge < -0.3 is 14.8 Å². The molecule has 6 nitrogen and oxygen atoms in total. The molecule has 31 heavy (non-hydrogen) atoms. The molecule has 0 saturated carbocycles.